The Labute approximate surface area is 98.0 Å². The van der Waals surface area contributed by atoms with Gasteiger partial charge in [-0.05, 0) is 37.9 Å². The standard InChI is InChI=1S/C9H8Br2O3/c10-6-3-7(14-9(6)11)8(12)5-1-2-13-4-5/h3-4,8,12H,1-2H2. The van der Waals surface area contributed by atoms with Crippen molar-refractivity contribution in [3.05, 3.63) is 32.8 Å². The lowest BCUT2D eigenvalue weighted by Crippen LogP contribution is -1.98. The van der Waals surface area contributed by atoms with Crippen molar-refractivity contribution in [1.82, 2.24) is 0 Å². The molecule has 0 saturated carbocycles. The molecule has 0 saturated heterocycles. The van der Waals surface area contributed by atoms with Crippen molar-refractivity contribution in [2.75, 3.05) is 6.61 Å². The van der Waals surface area contributed by atoms with Crippen molar-refractivity contribution in [2.45, 2.75) is 12.5 Å². The zero-order valence-corrected chi connectivity index (χ0v) is 10.3. The Morgan fingerprint density at radius 1 is 1.43 bits per heavy atom. The van der Waals surface area contributed by atoms with E-state index < -0.39 is 6.10 Å². The maximum absolute atomic E-state index is 9.87. The molecule has 1 aliphatic heterocycles. The Bertz CT molecular complexity index is 351. The number of halogens is 2. The van der Waals surface area contributed by atoms with E-state index >= 15 is 0 Å². The lowest BCUT2D eigenvalue weighted by molar-refractivity contribution is 0.181. The average molecular weight is 324 g/mol. The minimum absolute atomic E-state index is 0.514. The summed E-state index contributed by atoms with van der Waals surface area (Å²) in [5.41, 5.74) is 0.846. The summed E-state index contributed by atoms with van der Waals surface area (Å²) in [6.45, 7) is 0.634. The quantitative estimate of drug-likeness (QED) is 0.909. The molecule has 2 rings (SSSR count). The highest BCUT2D eigenvalue weighted by molar-refractivity contribution is 9.13. The molecule has 0 bridgehead atoms. The molecule has 0 aromatic carbocycles. The molecule has 2 heterocycles. The van der Waals surface area contributed by atoms with Crippen molar-refractivity contribution in [3.63, 3.8) is 0 Å². The second kappa shape index (κ2) is 4.08. The molecule has 0 radical (unpaired) electrons. The van der Waals surface area contributed by atoms with E-state index in [1.807, 2.05) is 0 Å². The molecule has 1 atom stereocenters. The number of hydrogen-bond acceptors (Lipinski definition) is 3. The Morgan fingerprint density at radius 2 is 2.21 bits per heavy atom. The van der Waals surface area contributed by atoms with Crippen LogP contribution >= 0.6 is 31.9 Å². The van der Waals surface area contributed by atoms with E-state index in [1.54, 1.807) is 12.3 Å². The van der Waals surface area contributed by atoms with E-state index in [0.717, 1.165) is 16.5 Å². The number of furan rings is 1. The van der Waals surface area contributed by atoms with Crippen LogP contribution in [-0.2, 0) is 4.74 Å². The SMILES string of the molecule is OC(C1=COCC1)c1cc(Br)c(Br)o1. The Morgan fingerprint density at radius 3 is 2.71 bits per heavy atom. The predicted molar refractivity (Wildman–Crippen MR) is 57.7 cm³/mol. The monoisotopic (exact) mass is 322 g/mol. The van der Waals surface area contributed by atoms with E-state index in [2.05, 4.69) is 31.9 Å². The van der Waals surface area contributed by atoms with Gasteiger partial charge in [-0.15, -0.1) is 0 Å². The molecule has 1 N–H and O–H groups in total. The first-order valence-electron chi connectivity index (χ1n) is 4.12. The van der Waals surface area contributed by atoms with E-state index in [4.69, 9.17) is 9.15 Å². The van der Waals surface area contributed by atoms with Crippen LogP contribution < -0.4 is 0 Å². The third kappa shape index (κ3) is 1.89. The number of rotatable bonds is 2. The molecule has 5 heteroatoms. The lowest BCUT2D eigenvalue weighted by Gasteiger charge is -2.05. The number of ether oxygens (including phenoxy) is 1. The van der Waals surface area contributed by atoms with E-state index in [0.29, 0.717) is 17.0 Å². The molecule has 1 aliphatic rings. The van der Waals surface area contributed by atoms with Gasteiger partial charge in [0.1, 0.15) is 11.9 Å². The number of hydrogen-bond donors (Lipinski definition) is 1. The Kier molecular flexibility index (Phi) is 2.99. The summed E-state index contributed by atoms with van der Waals surface area (Å²) >= 11 is 6.51. The number of aliphatic hydroxyl groups excluding tert-OH is 1. The predicted octanol–water partition coefficient (Wildman–Crippen LogP) is 3.14. The fourth-order valence-electron chi connectivity index (χ4n) is 1.28. The minimum atomic E-state index is -0.708. The van der Waals surface area contributed by atoms with Crippen molar-refractivity contribution >= 4 is 31.9 Å². The molecule has 3 nitrogen and oxygen atoms in total. The maximum Gasteiger partial charge on any atom is 0.183 e. The first-order chi connectivity index (χ1) is 6.68. The topological polar surface area (TPSA) is 42.6 Å². The van der Waals surface area contributed by atoms with Gasteiger partial charge in [0, 0.05) is 12.0 Å². The first-order valence-corrected chi connectivity index (χ1v) is 5.70. The summed E-state index contributed by atoms with van der Waals surface area (Å²) in [6, 6.07) is 1.74. The third-order valence-electron chi connectivity index (χ3n) is 2.03. The summed E-state index contributed by atoms with van der Waals surface area (Å²) in [4.78, 5) is 0. The maximum atomic E-state index is 9.87. The molecule has 14 heavy (non-hydrogen) atoms. The molecular formula is C9H8Br2O3. The van der Waals surface area contributed by atoms with Gasteiger partial charge in [0.15, 0.2) is 4.67 Å². The van der Waals surface area contributed by atoms with Crippen molar-refractivity contribution in [1.29, 1.82) is 0 Å². The summed E-state index contributed by atoms with van der Waals surface area (Å²) in [5.74, 6) is 0.514. The zero-order chi connectivity index (χ0) is 10.1. The van der Waals surface area contributed by atoms with E-state index in [1.165, 1.54) is 0 Å². The third-order valence-corrected chi connectivity index (χ3v) is 3.74. The van der Waals surface area contributed by atoms with Gasteiger partial charge in [0.25, 0.3) is 0 Å². The molecule has 76 valence electrons. The van der Waals surface area contributed by atoms with Gasteiger partial charge in [-0.2, -0.15) is 0 Å². The van der Waals surface area contributed by atoms with Gasteiger partial charge in [0.2, 0.25) is 0 Å². The molecule has 0 fully saturated rings. The van der Waals surface area contributed by atoms with Gasteiger partial charge in [-0.25, -0.2) is 0 Å². The summed E-state index contributed by atoms with van der Waals surface area (Å²) < 4.78 is 11.7. The van der Waals surface area contributed by atoms with E-state index in [9.17, 15) is 5.11 Å². The molecule has 1 unspecified atom stereocenters. The van der Waals surface area contributed by atoms with Gasteiger partial charge in [-0.3, -0.25) is 0 Å². The molecule has 0 aliphatic carbocycles. The van der Waals surface area contributed by atoms with Gasteiger partial charge in [-0.1, -0.05) is 0 Å². The van der Waals surface area contributed by atoms with Crippen LogP contribution in [0.4, 0.5) is 0 Å². The van der Waals surface area contributed by atoms with Crippen molar-refractivity contribution in [3.8, 4) is 0 Å². The van der Waals surface area contributed by atoms with Gasteiger partial charge < -0.3 is 14.3 Å². The summed E-state index contributed by atoms with van der Waals surface area (Å²) in [5, 5.41) is 9.87. The Balaban J connectivity index is 2.22. The van der Waals surface area contributed by atoms with Crippen LogP contribution in [0.2, 0.25) is 0 Å². The lowest BCUT2D eigenvalue weighted by atomic mass is 10.1. The van der Waals surface area contributed by atoms with E-state index in [-0.39, 0.29) is 0 Å². The molecule has 1 aromatic rings. The van der Waals surface area contributed by atoms with Gasteiger partial charge >= 0.3 is 0 Å². The summed E-state index contributed by atoms with van der Waals surface area (Å²) in [7, 11) is 0. The second-order valence-electron chi connectivity index (χ2n) is 2.99. The largest absolute Gasteiger partial charge is 0.501 e. The van der Waals surface area contributed by atoms with Crippen LogP contribution in [0.15, 0.2) is 31.5 Å². The second-order valence-corrected chi connectivity index (χ2v) is 4.56. The fraction of sp³-hybridized carbons (Fsp3) is 0.333. The summed E-state index contributed by atoms with van der Waals surface area (Å²) in [6.07, 6.45) is 1.63. The fourth-order valence-corrected chi connectivity index (χ4v) is 1.89. The molecule has 1 aromatic heterocycles. The number of aliphatic hydroxyl groups is 1. The average Bonchev–Trinajstić information content (AvgIpc) is 2.76. The van der Waals surface area contributed by atoms with Crippen molar-refractivity contribution < 1.29 is 14.3 Å². The smallest absolute Gasteiger partial charge is 0.183 e. The molecular weight excluding hydrogens is 316 g/mol. The molecule has 0 spiro atoms. The zero-order valence-electron chi connectivity index (χ0n) is 7.17. The van der Waals surface area contributed by atoms with Gasteiger partial charge in [0.05, 0.1) is 17.3 Å². The van der Waals surface area contributed by atoms with Crippen LogP contribution in [0.5, 0.6) is 0 Å². The van der Waals surface area contributed by atoms with Crippen LogP contribution in [-0.4, -0.2) is 11.7 Å². The van der Waals surface area contributed by atoms with Crippen LogP contribution in [0.25, 0.3) is 0 Å². The van der Waals surface area contributed by atoms with Crippen molar-refractivity contribution in [2.24, 2.45) is 0 Å². The highest BCUT2D eigenvalue weighted by Crippen LogP contribution is 2.34. The molecule has 0 amide bonds. The van der Waals surface area contributed by atoms with Crippen LogP contribution in [0.1, 0.15) is 18.3 Å². The normalized spacial score (nSPS) is 17.8. The Hall–Kier alpha value is -0.260. The minimum Gasteiger partial charge on any atom is -0.501 e. The van der Waals surface area contributed by atoms with Crippen LogP contribution in [0, 0.1) is 0 Å². The highest BCUT2D eigenvalue weighted by atomic mass is 79.9. The first kappa shape index (κ1) is 10.3. The highest BCUT2D eigenvalue weighted by Gasteiger charge is 2.21. The van der Waals surface area contributed by atoms with Crippen LogP contribution in [0.3, 0.4) is 0 Å².